The van der Waals surface area contributed by atoms with Crippen LogP contribution < -0.4 is 11.1 Å². The van der Waals surface area contributed by atoms with Gasteiger partial charge in [-0.1, -0.05) is 12.1 Å². The first-order valence-electron chi connectivity index (χ1n) is 6.66. The Morgan fingerprint density at radius 3 is 2.50 bits per heavy atom. The summed E-state index contributed by atoms with van der Waals surface area (Å²) >= 11 is 1.77. The van der Waals surface area contributed by atoms with Crippen molar-refractivity contribution in [3.63, 3.8) is 0 Å². The SMILES string of the molecule is Cc1cc(C(C)NC(=O)Cc2ccc(N)cc2)c(C)s1. The number of nitrogen functional groups attached to an aromatic ring is 1. The highest BCUT2D eigenvalue weighted by Crippen LogP contribution is 2.26. The first kappa shape index (κ1) is 14.6. The van der Waals surface area contributed by atoms with E-state index in [-0.39, 0.29) is 11.9 Å². The van der Waals surface area contributed by atoms with Gasteiger partial charge in [-0.3, -0.25) is 4.79 Å². The molecule has 0 spiro atoms. The molecule has 20 heavy (non-hydrogen) atoms. The second-order valence-electron chi connectivity index (χ2n) is 5.08. The summed E-state index contributed by atoms with van der Waals surface area (Å²) in [5.74, 6) is 0.0329. The molecule has 1 unspecified atom stereocenters. The Morgan fingerprint density at radius 2 is 1.95 bits per heavy atom. The van der Waals surface area contributed by atoms with Gasteiger partial charge in [0.15, 0.2) is 0 Å². The molecule has 106 valence electrons. The lowest BCUT2D eigenvalue weighted by Crippen LogP contribution is -2.28. The number of carbonyl (C=O) groups excluding carboxylic acids is 1. The van der Waals surface area contributed by atoms with Crippen molar-refractivity contribution >= 4 is 22.9 Å². The molecule has 3 nitrogen and oxygen atoms in total. The number of nitrogens with one attached hydrogen (secondary N) is 1. The topological polar surface area (TPSA) is 55.1 Å². The van der Waals surface area contributed by atoms with Crippen molar-refractivity contribution in [2.24, 2.45) is 0 Å². The number of anilines is 1. The van der Waals surface area contributed by atoms with Gasteiger partial charge in [0.05, 0.1) is 12.5 Å². The number of amides is 1. The number of nitrogens with two attached hydrogens (primary N) is 1. The summed E-state index contributed by atoms with van der Waals surface area (Å²) in [5.41, 5.74) is 8.53. The van der Waals surface area contributed by atoms with E-state index < -0.39 is 0 Å². The predicted molar refractivity (Wildman–Crippen MR) is 84.9 cm³/mol. The van der Waals surface area contributed by atoms with Crippen molar-refractivity contribution in [3.8, 4) is 0 Å². The summed E-state index contributed by atoms with van der Waals surface area (Å²) in [6, 6.07) is 9.60. The van der Waals surface area contributed by atoms with Gasteiger partial charge in [-0.15, -0.1) is 11.3 Å². The second-order valence-corrected chi connectivity index (χ2v) is 6.54. The zero-order valence-electron chi connectivity index (χ0n) is 12.1. The van der Waals surface area contributed by atoms with E-state index in [0.717, 1.165) is 5.56 Å². The summed E-state index contributed by atoms with van der Waals surface area (Å²) in [5, 5.41) is 3.05. The number of rotatable bonds is 4. The van der Waals surface area contributed by atoms with E-state index in [9.17, 15) is 4.79 Å². The zero-order valence-corrected chi connectivity index (χ0v) is 12.9. The fourth-order valence-corrected chi connectivity index (χ4v) is 3.29. The van der Waals surface area contributed by atoms with Crippen LogP contribution in [0, 0.1) is 13.8 Å². The number of thiophene rings is 1. The van der Waals surface area contributed by atoms with E-state index in [2.05, 4.69) is 25.2 Å². The average Bonchev–Trinajstić information content (AvgIpc) is 2.71. The Balaban J connectivity index is 1.97. The van der Waals surface area contributed by atoms with E-state index in [4.69, 9.17) is 5.73 Å². The first-order valence-corrected chi connectivity index (χ1v) is 7.48. The molecule has 1 amide bonds. The molecule has 0 aliphatic rings. The lowest BCUT2D eigenvalue weighted by atomic mass is 10.1. The van der Waals surface area contributed by atoms with Crippen LogP contribution in [0.5, 0.6) is 0 Å². The Hall–Kier alpha value is -1.81. The third-order valence-electron chi connectivity index (χ3n) is 3.27. The molecular formula is C16H20N2OS. The fourth-order valence-electron chi connectivity index (χ4n) is 2.27. The highest BCUT2D eigenvalue weighted by atomic mass is 32.1. The largest absolute Gasteiger partial charge is 0.399 e. The highest BCUT2D eigenvalue weighted by molar-refractivity contribution is 7.12. The van der Waals surface area contributed by atoms with E-state index in [1.807, 2.05) is 31.2 Å². The standard InChI is InChI=1S/C16H20N2OS/c1-10-8-15(12(3)20-10)11(2)18-16(19)9-13-4-6-14(17)7-5-13/h4-8,11H,9,17H2,1-3H3,(H,18,19). The molecule has 0 saturated carbocycles. The van der Waals surface area contributed by atoms with Gasteiger partial charge in [-0.2, -0.15) is 0 Å². The normalized spacial score (nSPS) is 12.2. The van der Waals surface area contributed by atoms with Gasteiger partial charge in [0, 0.05) is 15.4 Å². The molecule has 0 aliphatic carbocycles. The van der Waals surface area contributed by atoms with Gasteiger partial charge < -0.3 is 11.1 Å². The summed E-state index contributed by atoms with van der Waals surface area (Å²) in [7, 11) is 0. The lowest BCUT2D eigenvalue weighted by molar-refractivity contribution is -0.121. The third kappa shape index (κ3) is 3.61. The third-order valence-corrected chi connectivity index (χ3v) is 4.25. The van der Waals surface area contributed by atoms with E-state index >= 15 is 0 Å². The smallest absolute Gasteiger partial charge is 0.224 e. The van der Waals surface area contributed by atoms with Gasteiger partial charge in [0.1, 0.15) is 0 Å². The summed E-state index contributed by atoms with van der Waals surface area (Å²) in [4.78, 5) is 14.6. The van der Waals surface area contributed by atoms with Crippen molar-refractivity contribution < 1.29 is 4.79 Å². The van der Waals surface area contributed by atoms with Crippen LogP contribution >= 0.6 is 11.3 Å². The van der Waals surface area contributed by atoms with E-state index in [0.29, 0.717) is 12.1 Å². The van der Waals surface area contributed by atoms with Gasteiger partial charge >= 0.3 is 0 Å². The first-order chi connectivity index (χ1) is 9.45. The van der Waals surface area contributed by atoms with Crippen LogP contribution in [0.1, 0.15) is 33.8 Å². The summed E-state index contributed by atoms with van der Waals surface area (Å²) in [6.45, 7) is 6.20. The molecule has 1 aromatic heterocycles. The minimum atomic E-state index is 0.0329. The number of aryl methyl sites for hydroxylation is 2. The Morgan fingerprint density at radius 1 is 1.30 bits per heavy atom. The molecule has 0 aliphatic heterocycles. The van der Waals surface area contributed by atoms with Gasteiger partial charge in [-0.05, 0) is 50.1 Å². The van der Waals surface area contributed by atoms with E-state index in [1.54, 1.807) is 11.3 Å². The zero-order chi connectivity index (χ0) is 14.7. The van der Waals surface area contributed by atoms with E-state index in [1.165, 1.54) is 15.3 Å². The molecule has 0 bridgehead atoms. The van der Waals surface area contributed by atoms with Crippen molar-refractivity contribution in [1.82, 2.24) is 5.32 Å². The van der Waals surface area contributed by atoms with Gasteiger partial charge in [0.25, 0.3) is 0 Å². The number of hydrogen-bond donors (Lipinski definition) is 2. The quantitative estimate of drug-likeness (QED) is 0.848. The second kappa shape index (κ2) is 6.09. The molecule has 0 saturated heterocycles. The van der Waals surface area contributed by atoms with Crippen LogP contribution in [0.2, 0.25) is 0 Å². The van der Waals surface area contributed by atoms with Crippen molar-refractivity contribution in [3.05, 3.63) is 51.2 Å². The number of hydrogen-bond acceptors (Lipinski definition) is 3. The van der Waals surface area contributed by atoms with Crippen LogP contribution in [-0.4, -0.2) is 5.91 Å². The van der Waals surface area contributed by atoms with Crippen molar-refractivity contribution in [2.75, 3.05) is 5.73 Å². The van der Waals surface area contributed by atoms with Gasteiger partial charge in [0.2, 0.25) is 5.91 Å². The number of carbonyl (C=O) groups is 1. The molecule has 1 atom stereocenters. The lowest BCUT2D eigenvalue weighted by Gasteiger charge is -2.14. The molecule has 2 aromatic rings. The van der Waals surface area contributed by atoms with Crippen LogP contribution in [-0.2, 0) is 11.2 Å². The molecular weight excluding hydrogens is 268 g/mol. The molecule has 1 aromatic carbocycles. The molecule has 4 heteroatoms. The maximum absolute atomic E-state index is 12.1. The fraction of sp³-hybridized carbons (Fsp3) is 0.312. The van der Waals surface area contributed by atoms with Crippen molar-refractivity contribution in [2.45, 2.75) is 33.2 Å². The van der Waals surface area contributed by atoms with Crippen LogP contribution in [0.15, 0.2) is 30.3 Å². The number of benzene rings is 1. The molecule has 0 radical (unpaired) electrons. The average molecular weight is 288 g/mol. The Bertz CT molecular complexity index is 601. The van der Waals surface area contributed by atoms with Gasteiger partial charge in [-0.25, -0.2) is 0 Å². The molecule has 2 rings (SSSR count). The maximum atomic E-state index is 12.1. The maximum Gasteiger partial charge on any atom is 0.224 e. The Labute approximate surface area is 123 Å². The summed E-state index contributed by atoms with van der Waals surface area (Å²) < 4.78 is 0. The molecule has 0 fully saturated rings. The minimum Gasteiger partial charge on any atom is -0.399 e. The van der Waals surface area contributed by atoms with Crippen LogP contribution in [0.3, 0.4) is 0 Å². The Kier molecular flexibility index (Phi) is 4.45. The minimum absolute atomic E-state index is 0.0329. The molecule has 1 heterocycles. The monoisotopic (exact) mass is 288 g/mol. The van der Waals surface area contributed by atoms with Crippen LogP contribution in [0.25, 0.3) is 0 Å². The highest BCUT2D eigenvalue weighted by Gasteiger charge is 2.14. The van der Waals surface area contributed by atoms with Crippen LogP contribution in [0.4, 0.5) is 5.69 Å². The van der Waals surface area contributed by atoms with Crippen molar-refractivity contribution in [1.29, 1.82) is 0 Å². The summed E-state index contributed by atoms with van der Waals surface area (Å²) in [6.07, 6.45) is 0.382. The predicted octanol–water partition coefficient (Wildman–Crippen LogP) is 3.37. The molecule has 3 N–H and O–H groups in total.